The molecule has 2 nitrogen and oxygen atoms in total. The number of rotatable bonds is 0. The summed E-state index contributed by atoms with van der Waals surface area (Å²) in [5.41, 5.74) is 0. The Bertz CT molecular complexity index is 147. The molecular weight excluding hydrogens is 120 g/mol. The summed E-state index contributed by atoms with van der Waals surface area (Å²) in [5.74, 6) is 1.01. The minimum absolute atomic E-state index is 0.833. The van der Waals surface area contributed by atoms with Crippen molar-refractivity contribution in [3.63, 3.8) is 0 Å². The topological polar surface area (TPSA) is 27.0 Å². The Balaban J connectivity index is 2.58. The second-order valence-electron chi connectivity index (χ2n) is 1.49. The van der Waals surface area contributed by atoms with Crippen molar-refractivity contribution >= 4 is 11.8 Å². The van der Waals surface area contributed by atoms with Crippen LogP contribution in [0.2, 0.25) is 0 Å². The smallest absolute Gasteiger partial charge is 0.184 e. The Labute approximate surface area is 52.8 Å². The molecule has 42 valence electrons. The molecule has 1 aliphatic rings. The lowest BCUT2D eigenvalue weighted by atomic mass is 10.6. The third-order valence-electron chi connectivity index (χ3n) is 1.01. The van der Waals surface area contributed by atoms with E-state index in [0.717, 1.165) is 17.3 Å². The number of nitrogens with zero attached hydrogens (tertiary/aromatic N) is 2. The van der Waals surface area contributed by atoms with Crippen molar-refractivity contribution in [1.29, 1.82) is 5.26 Å². The molecule has 1 heterocycles. The molecule has 0 bridgehead atoms. The maximum atomic E-state index is 8.34. The van der Waals surface area contributed by atoms with Gasteiger partial charge in [0.05, 0.1) is 5.03 Å². The van der Waals surface area contributed by atoms with Gasteiger partial charge in [0.1, 0.15) is 0 Å². The van der Waals surface area contributed by atoms with E-state index in [4.69, 9.17) is 5.26 Å². The summed E-state index contributed by atoms with van der Waals surface area (Å²) < 4.78 is 0. The average Bonchev–Trinajstić information content (AvgIpc) is 2.14. The minimum Gasteiger partial charge on any atom is -0.273 e. The first-order valence-corrected chi connectivity index (χ1v) is 3.32. The quantitative estimate of drug-likeness (QED) is 0.453. The molecule has 1 saturated heterocycles. The molecular formula is C5H6N2S. The van der Waals surface area contributed by atoms with E-state index in [1.807, 2.05) is 6.19 Å². The van der Waals surface area contributed by atoms with Gasteiger partial charge in [0.25, 0.3) is 0 Å². The summed E-state index contributed by atoms with van der Waals surface area (Å²) in [4.78, 5) is 1.60. The van der Waals surface area contributed by atoms with Crippen molar-refractivity contribution in [3.05, 3.63) is 11.6 Å². The largest absolute Gasteiger partial charge is 0.273 e. The van der Waals surface area contributed by atoms with Gasteiger partial charge in [-0.1, -0.05) is 6.58 Å². The highest BCUT2D eigenvalue weighted by Gasteiger charge is 2.13. The van der Waals surface area contributed by atoms with Gasteiger partial charge < -0.3 is 0 Å². The van der Waals surface area contributed by atoms with Gasteiger partial charge in [0.2, 0.25) is 0 Å². The van der Waals surface area contributed by atoms with Crippen molar-refractivity contribution in [2.24, 2.45) is 0 Å². The van der Waals surface area contributed by atoms with Crippen LogP contribution in [0.1, 0.15) is 0 Å². The standard InChI is InChI=1S/C5H6N2S/c1-5-7(4-6)2-3-8-5/h1-3H2. The third-order valence-corrected chi connectivity index (χ3v) is 1.95. The van der Waals surface area contributed by atoms with Crippen LogP contribution in [0.3, 0.4) is 0 Å². The van der Waals surface area contributed by atoms with E-state index in [2.05, 4.69) is 6.58 Å². The van der Waals surface area contributed by atoms with E-state index in [1.165, 1.54) is 0 Å². The molecule has 0 aromatic carbocycles. The Morgan fingerprint density at radius 3 is 2.88 bits per heavy atom. The van der Waals surface area contributed by atoms with Crippen LogP contribution in [0.15, 0.2) is 11.6 Å². The first-order valence-electron chi connectivity index (χ1n) is 2.33. The molecule has 0 aromatic heterocycles. The Hall–Kier alpha value is -0.620. The van der Waals surface area contributed by atoms with Gasteiger partial charge in [-0.3, -0.25) is 4.90 Å². The molecule has 0 saturated carbocycles. The summed E-state index contributed by atoms with van der Waals surface area (Å²) in [6.45, 7) is 4.51. The summed E-state index contributed by atoms with van der Waals surface area (Å²) in [6, 6.07) is 0. The van der Waals surface area contributed by atoms with Crippen LogP contribution in [0.5, 0.6) is 0 Å². The first-order chi connectivity index (χ1) is 3.84. The molecule has 0 N–H and O–H groups in total. The van der Waals surface area contributed by atoms with Crippen LogP contribution in [0.25, 0.3) is 0 Å². The lowest BCUT2D eigenvalue weighted by Crippen LogP contribution is -2.08. The van der Waals surface area contributed by atoms with Crippen molar-refractivity contribution in [3.8, 4) is 6.19 Å². The second kappa shape index (κ2) is 2.10. The van der Waals surface area contributed by atoms with Gasteiger partial charge in [-0.05, 0) is 0 Å². The predicted molar refractivity (Wildman–Crippen MR) is 33.9 cm³/mol. The normalized spacial score (nSPS) is 18.9. The van der Waals surface area contributed by atoms with Gasteiger partial charge in [0, 0.05) is 12.3 Å². The van der Waals surface area contributed by atoms with E-state index in [9.17, 15) is 0 Å². The molecule has 1 fully saturated rings. The molecule has 8 heavy (non-hydrogen) atoms. The Morgan fingerprint density at radius 1 is 1.88 bits per heavy atom. The van der Waals surface area contributed by atoms with Crippen LogP contribution in [-0.4, -0.2) is 17.2 Å². The zero-order chi connectivity index (χ0) is 5.98. The molecule has 3 heteroatoms. The Kier molecular flexibility index (Phi) is 1.45. The van der Waals surface area contributed by atoms with Gasteiger partial charge in [0.15, 0.2) is 6.19 Å². The maximum absolute atomic E-state index is 8.34. The van der Waals surface area contributed by atoms with E-state index in [-0.39, 0.29) is 0 Å². The van der Waals surface area contributed by atoms with Crippen LogP contribution in [-0.2, 0) is 0 Å². The highest BCUT2D eigenvalue weighted by Crippen LogP contribution is 2.23. The molecule has 0 atom stereocenters. The van der Waals surface area contributed by atoms with Crippen LogP contribution >= 0.6 is 11.8 Å². The van der Waals surface area contributed by atoms with E-state index in [1.54, 1.807) is 16.7 Å². The molecule has 0 radical (unpaired) electrons. The molecule has 0 aliphatic carbocycles. The van der Waals surface area contributed by atoms with Gasteiger partial charge in [-0.15, -0.1) is 11.8 Å². The Morgan fingerprint density at radius 2 is 2.62 bits per heavy atom. The molecule has 0 spiro atoms. The second-order valence-corrected chi connectivity index (χ2v) is 2.66. The van der Waals surface area contributed by atoms with Gasteiger partial charge >= 0.3 is 0 Å². The molecule has 1 aliphatic heterocycles. The number of thioether (sulfide) groups is 1. The lowest BCUT2D eigenvalue weighted by molar-refractivity contribution is 0.569. The summed E-state index contributed by atoms with van der Waals surface area (Å²) in [6.07, 6.45) is 2.03. The molecule has 0 unspecified atom stereocenters. The van der Waals surface area contributed by atoms with Crippen molar-refractivity contribution < 1.29 is 0 Å². The molecule has 0 aromatic rings. The number of hydrogen-bond acceptors (Lipinski definition) is 3. The average molecular weight is 126 g/mol. The highest BCUT2D eigenvalue weighted by atomic mass is 32.2. The fourth-order valence-corrected chi connectivity index (χ4v) is 1.36. The van der Waals surface area contributed by atoms with Crippen LogP contribution < -0.4 is 0 Å². The van der Waals surface area contributed by atoms with Crippen LogP contribution in [0.4, 0.5) is 0 Å². The molecule has 0 amide bonds. The van der Waals surface area contributed by atoms with Crippen molar-refractivity contribution in [2.45, 2.75) is 0 Å². The van der Waals surface area contributed by atoms with Crippen molar-refractivity contribution in [2.75, 3.05) is 12.3 Å². The zero-order valence-electron chi connectivity index (χ0n) is 4.42. The van der Waals surface area contributed by atoms with E-state index in [0.29, 0.717) is 0 Å². The maximum Gasteiger partial charge on any atom is 0.184 e. The SMILES string of the molecule is C=C1SCCN1C#N. The number of hydrogen-bond donors (Lipinski definition) is 0. The van der Waals surface area contributed by atoms with Crippen molar-refractivity contribution in [1.82, 2.24) is 4.90 Å². The van der Waals surface area contributed by atoms with E-state index < -0.39 is 0 Å². The minimum atomic E-state index is 0.833. The monoisotopic (exact) mass is 126 g/mol. The van der Waals surface area contributed by atoms with Crippen LogP contribution in [0, 0.1) is 11.5 Å². The third kappa shape index (κ3) is 0.797. The first kappa shape index (κ1) is 5.52. The van der Waals surface area contributed by atoms with Gasteiger partial charge in [-0.2, -0.15) is 5.26 Å². The van der Waals surface area contributed by atoms with Gasteiger partial charge in [-0.25, -0.2) is 0 Å². The number of nitriles is 1. The summed E-state index contributed by atoms with van der Waals surface area (Å²) in [7, 11) is 0. The predicted octanol–water partition coefficient (Wildman–Crippen LogP) is 0.987. The summed E-state index contributed by atoms with van der Waals surface area (Å²) in [5, 5.41) is 9.22. The van der Waals surface area contributed by atoms with E-state index >= 15 is 0 Å². The highest BCUT2D eigenvalue weighted by molar-refractivity contribution is 8.03. The fraction of sp³-hybridized carbons (Fsp3) is 0.400. The fourth-order valence-electron chi connectivity index (χ4n) is 0.563. The molecule has 1 rings (SSSR count). The summed E-state index contributed by atoms with van der Waals surface area (Å²) >= 11 is 1.64. The lowest BCUT2D eigenvalue weighted by Gasteiger charge is -2.02. The zero-order valence-corrected chi connectivity index (χ0v) is 5.24.